The van der Waals surface area contributed by atoms with Gasteiger partial charge in [0.15, 0.2) is 0 Å². The Hall–Kier alpha value is -3.22. The van der Waals surface area contributed by atoms with E-state index in [0.717, 1.165) is 5.56 Å². The van der Waals surface area contributed by atoms with E-state index in [1.54, 1.807) is 26.4 Å². The SMILES string of the molecule is Cc1cccn2c(=O)cc(CNc3ccc(F)cc3C(=O)N(C)C)nc12. The zero-order chi connectivity index (χ0) is 18.8. The van der Waals surface area contributed by atoms with Crippen molar-refractivity contribution >= 4 is 17.2 Å². The predicted molar refractivity (Wildman–Crippen MR) is 97.9 cm³/mol. The second-order valence-electron chi connectivity index (χ2n) is 6.21. The lowest BCUT2D eigenvalue weighted by molar-refractivity contribution is 0.0828. The first kappa shape index (κ1) is 17.6. The summed E-state index contributed by atoms with van der Waals surface area (Å²) in [6, 6.07) is 9.09. The van der Waals surface area contributed by atoms with Gasteiger partial charge >= 0.3 is 0 Å². The number of hydrogen-bond acceptors (Lipinski definition) is 4. The molecule has 0 bridgehead atoms. The molecular weight excluding hydrogens is 335 g/mol. The number of carbonyl (C=O) groups excluding carboxylic acids is 1. The third-order valence-electron chi connectivity index (χ3n) is 4.02. The summed E-state index contributed by atoms with van der Waals surface area (Å²) in [5, 5.41) is 3.08. The molecule has 7 heteroatoms. The van der Waals surface area contributed by atoms with E-state index in [1.165, 1.54) is 33.6 Å². The molecule has 2 heterocycles. The number of carbonyl (C=O) groups is 1. The molecule has 0 fully saturated rings. The summed E-state index contributed by atoms with van der Waals surface area (Å²) < 4.78 is 15.0. The molecule has 0 spiro atoms. The monoisotopic (exact) mass is 354 g/mol. The Morgan fingerprint density at radius 3 is 2.77 bits per heavy atom. The van der Waals surface area contributed by atoms with Gasteiger partial charge < -0.3 is 10.2 Å². The van der Waals surface area contributed by atoms with Crippen LogP contribution in [-0.4, -0.2) is 34.3 Å². The molecule has 6 nitrogen and oxygen atoms in total. The molecular formula is C19H19FN4O2. The minimum atomic E-state index is -0.488. The largest absolute Gasteiger partial charge is 0.379 e. The summed E-state index contributed by atoms with van der Waals surface area (Å²) in [4.78, 5) is 30.4. The second-order valence-corrected chi connectivity index (χ2v) is 6.21. The molecule has 0 aliphatic rings. The van der Waals surface area contributed by atoms with Crippen LogP contribution >= 0.6 is 0 Å². The normalized spacial score (nSPS) is 10.8. The van der Waals surface area contributed by atoms with Crippen LogP contribution < -0.4 is 10.9 Å². The van der Waals surface area contributed by atoms with Crippen LogP contribution in [0.4, 0.5) is 10.1 Å². The van der Waals surface area contributed by atoms with Crippen LogP contribution in [0.25, 0.3) is 5.65 Å². The zero-order valence-corrected chi connectivity index (χ0v) is 14.8. The Morgan fingerprint density at radius 1 is 1.27 bits per heavy atom. The van der Waals surface area contributed by atoms with E-state index in [2.05, 4.69) is 10.3 Å². The quantitative estimate of drug-likeness (QED) is 0.782. The van der Waals surface area contributed by atoms with Crippen LogP contribution in [0.2, 0.25) is 0 Å². The van der Waals surface area contributed by atoms with Crippen molar-refractivity contribution in [1.29, 1.82) is 0 Å². The summed E-state index contributed by atoms with van der Waals surface area (Å²) in [6.07, 6.45) is 1.67. The Morgan fingerprint density at radius 2 is 2.04 bits per heavy atom. The number of hydrogen-bond donors (Lipinski definition) is 1. The molecule has 0 atom stereocenters. The van der Waals surface area contributed by atoms with Crippen LogP contribution in [0.15, 0.2) is 47.4 Å². The van der Waals surface area contributed by atoms with Crippen LogP contribution in [0.5, 0.6) is 0 Å². The number of rotatable bonds is 4. The van der Waals surface area contributed by atoms with Gasteiger partial charge in [-0.05, 0) is 36.8 Å². The maximum atomic E-state index is 13.6. The molecule has 3 aromatic rings. The van der Waals surface area contributed by atoms with Crippen molar-refractivity contribution in [2.24, 2.45) is 0 Å². The summed E-state index contributed by atoms with van der Waals surface area (Å²) in [7, 11) is 3.21. The van der Waals surface area contributed by atoms with Gasteiger partial charge in [0, 0.05) is 32.0 Å². The van der Waals surface area contributed by atoms with Gasteiger partial charge in [0.05, 0.1) is 17.8 Å². The van der Waals surface area contributed by atoms with Crippen molar-refractivity contribution in [1.82, 2.24) is 14.3 Å². The Bertz CT molecular complexity index is 1040. The van der Waals surface area contributed by atoms with Crippen LogP contribution in [0.1, 0.15) is 21.6 Å². The molecule has 0 aliphatic heterocycles. The average molecular weight is 354 g/mol. The number of anilines is 1. The first-order valence-electron chi connectivity index (χ1n) is 8.10. The Balaban J connectivity index is 1.93. The van der Waals surface area contributed by atoms with Crippen molar-refractivity contribution < 1.29 is 9.18 Å². The fourth-order valence-corrected chi connectivity index (χ4v) is 2.67. The topological polar surface area (TPSA) is 66.7 Å². The summed E-state index contributed by atoms with van der Waals surface area (Å²) in [5.41, 5.74) is 2.54. The highest BCUT2D eigenvalue weighted by molar-refractivity contribution is 5.99. The fraction of sp³-hybridized carbons (Fsp3) is 0.211. The number of benzene rings is 1. The van der Waals surface area contributed by atoms with Crippen LogP contribution in [0, 0.1) is 12.7 Å². The van der Waals surface area contributed by atoms with E-state index in [0.29, 0.717) is 17.0 Å². The minimum absolute atomic E-state index is 0.181. The number of halogens is 1. The first-order chi connectivity index (χ1) is 12.4. The number of fused-ring (bicyclic) bond motifs is 1. The molecule has 1 amide bonds. The van der Waals surface area contributed by atoms with Crippen molar-refractivity contribution in [3.05, 3.63) is 75.6 Å². The van der Waals surface area contributed by atoms with E-state index in [9.17, 15) is 14.0 Å². The molecule has 0 aliphatic carbocycles. The number of amides is 1. The lowest BCUT2D eigenvalue weighted by atomic mass is 10.1. The van der Waals surface area contributed by atoms with Gasteiger partial charge in [0.25, 0.3) is 11.5 Å². The average Bonchev–Trinajstić information content (AvgIpc) is 2.61. The smallest absolute Gasteiger partial charge is 0.258 e. The van der Waals surface area contributed by atoms with Gasteiger partial charge in [0.2, 0.25) is 0 Å². The molecule has 0 saturated heterocycles. The van der Waals surface area contributed by atoms with E-state index in [4.69, 9.17) is 0 Å². The van der Waals surface area contributed by atoms with Gasteiger partial charge in [0.1, 0.15) is 11.5 Å². The van der Waals surface area contributed by atoms with Gasteiger partial charge in [-0.3, -0.25) is 14.0 Å². The number of aryl methyl sites for hydroxylation is 1. The van der Waals surface area contributed by atoms with Gasteiger partial charge in [-0.25, -0.2) is 9.37 Å². The number of nitrogens with zero attached hydrogens (tertiary/aromatic N) is 3. The lowest BCUT2D eigenvalue weighted by Crippen LogP contribution is -2.23. The third kappa shape index (κ3) is 3.42. The molecule has 26 heavy (non-hydrogen) atoms. The summed E-state index contributed by atoms with van der Waals surface area (Å²) >= 11 is 0. The highest BCUT2D eigenvalue weighted by Gasteiger charge is 2.15. The molecule has 134 valence electrons. The predicted octanol–water partition coefficient (Wildman–Crippen LogP) is 2.46. The molecule has 0 radical (unpaired) electrons. The van der Waals surface area contributed by atoms with Gasteiger partial charge in [-0.1, -0.05) is 6.07 Å². The van der Waals surface area contributed by atoms with Crippen LogP contribution in [0.3, 0.4) is 0 Å². The second kappa shape index (κ2) is 6.95. The molecule has 0 unspecified atom stereocenters. The zero-order valence-electron chi connectivity index (χ0n) is 14.8. The van der Waals surface area contributed by atoms with E-state index in [1.807, 2.05) is 13.0 Å². The standard InChI is InChI=1S/C19H19FN4O2/c1-12-5-4-8-24-17(25)10-14(22-18(12)24)11-21-16-7-6-13(20)9-15(16)19(26)23(2)3/h4-10,21H,11H2,1-3H3. The van der Waals surface area contributed by atoms with E-state index >= 15 is 0 Å². The van der Waals surface area contributed by atoms with Crippen molar-refractivity contribution in [2.75, 3.05) is 19.4 Å². The minimum Gasteiger partial charge on any atom is -0.379 e. The maximum Gasteiger partial charge on any atom is 0.258 e. The summed E-state index contributed by atoms with van der Waals surface area (Å²) in [5.74, 6) is -0.798. The number of aromatic nitrogens is 2. The fourth-order valence-electron chi connectivity index (χ4n) is 2.67. The molecule has 1 N–H and O–H groups in total. The summed E-state index contributed by atoms with van der Waals surface area (Å²) in [6.45, 7) is 2.12. The first-order valence-corrected chi connectivity index (χ1v) is 8.10. The van der Waals surface area contributed by atoms with Gasteiger partial charge in [-0.2, -0.15) is 0 Å². The molecule has 3 rings (SSSR count). The van der Waals surface area contributed by atoms with Crippen molar-refractivity contribution in [3.8, 4) is 0 Å². The van der Waals surface area contributed by atoms with Crippen LogP contribution in [-0.2, 0) is 6.54 Å². The van der Waals surface area contributed by atoms with Crippen molar-refractivity contribution in [3.63, 3.8) is 0 Å². The molecule has 0 saturated carbocycles. The third-order valence-corrected chi connectivity index (χ3v) is 4.02. The number of nitrogens with one attached hydrogen (secondary N) is 1. The number of pyridine rings is 1. The van der Waals surface area contributed by atoms with Crippen molar-refractivity contribution in [2.45, 2.75) is 13.5 Å². The van der Waals surface area contributed by atoms with E-state index < -0.39 is 5.82 Å². The van der Waals surface area contributed by atoms with E-state index in [-0.39, 0.29) is 23.6 Å². The Kier molecular flexibility index (Phi) is 4.71. The maximum absolute atomic E-state index is 13.6. The van der Waals surface area contributed by atoms with Gasteiger partial charge in [-0.15, -0.1) is 0 Å². The lowest BCUT2D eigenvalue weighted by Gasteiger charge is -2.15. The Labute approximate surface area is 149 Å². The highest BCUT2D eigenvalue weighted by atomic mass is 19.1. The molecule has 1 aromatic carbocycles. The highest BCUT2D eigenvalue weighted by Crippen LogP contribution is 2.19. The molecule has 2 aromatic heterocycles.